The molecule has 0 bridgehead atoms. The standard InChI is InChI=1S/C27H32N2O4S/c1-20-8-15-25(16-9-20)34(31,32)29(26-18-21(2)7-10-22(26)3)19-27(30)28-17-5-6-23-11-13-24(33-4)14-12-23/h7-16,18H,5-6,17,19H2,1-4H3,(H,28,30). The molecule has 7 heteroatoms. The van der Waals surface area contributed by atoms with Crippen molar-refractivity contribution in [1.29, 1.82) is 0 Å². The number of benzene rings is 3. The molecule has 6 nitrogen and oxygen atoms in total. The number of hydrogen-bond donors (Lipinski definition) is 1. The lowest BCUT2D eigenvalue weighted by Crippen LogP contribution is -2.41. The highest BCUT2D eigenvalue weighted by molar-refractivity contribution is 7.92. The Morgan fingerprint density at radius 2 is 1.56 bits per heavy atom. The number of nitrogens with zero attached hydrogens (tertiary/aromatic N) is 1. The van der Waals surface area contributed by atoms with Gasteiger partial charge in [0.15, 0.2) is 0 Å². The molecule has 0 aliphatic heterocycles. The van der Waals surface area contributed by atoms with Crippen molar-refractivity contribution in [2.24, 2.45) is 0 Å². The summed E-state index contributed by atoms with van der Waals surface area (Å²) < 4.78 is 33.5. The Kier molecular flexibility index (Phi) is 8.34. The van der Waals surface area contributed by atoms with E-state index < -0.39 is 10.0 Å². The van der Waals surface area contributed by atoms with Gasteiger partial charge in [-0.05, 0) is 80.6 Å². The SMILES string of the molecule is COc1ccc(CCCNC(=O)CN(c2cc(C)ccc2C)S(=O)(=O)c2ccc(C)cc2)cc1. The van der Waals surface area contributed by atoms with E-state index in [1.54, 1.807) is 37.4 Å². The molecule has 3 rings (SSSR count). The van der Waals surface area contributed by atoms with Gasteiger partial charge in [0.2, 0.25) is 5.91 Å². The molecule has 0 aliphatic rings. The number of rotatable bonds is 10. The van der Waals surface area contributed by atoms with Crippen LogP contribution < -0.4 is 14.4 Å². The van der Waals surface area contributed by atoms with E-state index in [1.807, 2.05) is 57.2 Å². The minimum atomic E-state index is -3.92. The summed E-state index contributed by atoms with van der Waals surface area (Å²) in [6.07, 6.45) is 1.54. The van der Waals surface area contributed by atoms with Crippen molar-refractivity contribution < 1.29 is 17.9 Å². The maximum absolute atomic E-state index is 13.5. The van der Waals surface area contributed by atoms with Gasteiger partial charge in [-0.3, -0.25) is 9.10 Å². The predicted molar refractivity (Wildman–Crippen MR) is 136 cm³/mol. The summed E-state index contributed by atoms with van der Waals surface area (Å²) in [5.74, 6) is 0.463. The fourth-order valence-corrected chi connectivity index (χ4v) is 5.10. The zero-order valence-corrected chi connectivity index (χ0v) is 21.0. The van der Waals surface area contributed by atoms with Crippen molar-refractivity contribution in [2.75, 3.05) is 24.5 Å². The number of methoxy groups -OCH3 is 1. The first kappa shape index (κ1) is 25.3. The third kappa shape index (κ3) is 6.38. The van der Waals surface area contributed by atoms with Crippen LogP contribution in [0.5, 0.6) is 5.75 Å². The lowest BCUT2D eigenvalue weighted by molar-refractivity contribution is -0.119. The van der Waals surface area contributed by atoms with E-state index >= 15 is 0 Å². The van der Waals surface area contributed by atoms with Crippen molar-refractivity contribution in [2.45, 2.75) is 38.5 Å². The van der Waals surface area contributed by atoms with Gasteiger partial charge in [0, 0.05) is 6.54 Å². The molecule has 3 aromatic carbocycles. The fourth-order valence-electron chi connectivity index (χ4n) is 3.62. The molecule has 180 valence electrons. The maximum atomic E-state index is 13.5. The highest BCUT2D eigenvalue weighted by atomic mass is 32.2. The minimum absolute atomic E-state index is 0.159. The first-order chi connectivity index (χ1) is 16.2. The number of sulfonamides is 1. The molecule has 0 atom stereocenters. The molecule has 0 heterocycles. The fraction of sp³-hybridized carbons (Fsp3) is 0.296. The minimum Gasteiger partial charge on any atom is -0.497 e. The van der Waals surface area contributed by atoms with Gasteiger partial charge in [-0.1, -0.05) is 42.0 Å². The Hall–Kier alpha value is -3.32. The third-order valence-corrected chi connectivity index (χ3v) is 7.43. The van der Waals surface area contributed by atoms with Crippen molar-refractivity contribution >= 4 is 21.6 Å². The number of nitrogens with one attached hydrogen (secondary N) is 1. The average molecular weight is 481 g/mol. The van der Waals surface area contributed by atoms with E-state index in [4.69, 9.17) is 4.74 Å². The molecule has 0 saturated carbocycles. The number of ether oxygens (including phenoxy) is 1. The van der Waals surface area contributed by atoms with Crippen LogP contribution in [0.1, 0.15) is 28.7 Å². The second kappa shape index (κ2) is 11.2. The van der Waals surface area contributed by atoms with E-state index in [9.17, 15) is 13.2 Å². The molecule has 0 aromatic heterocycles. The summed E-state index contributed by atoms with van der Waals surface area (Å²) in [7, 11) is -2.29. The van der Waals surface area contributed by atoms with Gasteiger partial charge in [0.25, 0.3) is 10.0 Å². The summed E-state index contributed by atoms with van der Waals surface area (Å²) in [5.41, 5.74) is 4.33. The van der Waals surface area contributed by atoms with Gasteiger partial charge in [0.05, 0.1) is 17.7 Å². The lowest BCUT2D eigenvalue weighted by Gasteiger charge is -2.26. The van der Waals surface area contributed by atoms with E-state index in [1.165, 1.54) is 4.31 Å². The summed E-state index contributed by atoms with van der Waals surface area (Å²) in [4.78, 5) is 13.0. The highest BCUT2D eigenvalue weighted by Gasteiger charge is 2.28. The smallest absolute Gasteiger partial charge is 0.264 e. The van der Waals surface area contributed by atoms with E-state index in [2.05, 4.69) is 5.32 Å². The summed E-state index contributed by atoms with van der Waals surface area (Å²) in [5, 5.41) is 2.87. The largest absolute Gasteiger partial charge is 0.497 e. The molecule has 0 spiro atoms. The van der Waals surface area contributed by atoms with Crippen LogP contribution in [0.2, 0.25) is 0 Å². The summed E-state index contributed by atoms with van der Waals surface area (Å²) >= 11 is 0. The second-order valence-corrected chi connectivity index (χ2v) is 10.3. The molecule has 0 fully saturated rings. The Morgan fingerprint density at radius 1 is 0.912 bits per heavy atom. The lowest BCUT2D eigenvalue weighted by atomic mass is 10.1. The Morgan fingerprint density at radius 3 is 2.21 bits per heavy atom. The van der Waals surface area contributed by atoms with Crippen LogP contribution in [0.15, 0.2) is 71.6 Å². The zero-order chi connectivity index (χ0) is 24.7. The first-order valence-corrected chi connectivity index (χ1v) is 12.7. The highest BCUT2D eigenvalue weighted by Crippen LogP contribution is 2.28. The van der Waals surface area contributed by atoms with E-state index in [0.717, 1.165) is 40.8 Å². The quantitative estimate of drug-likeness (QED) is 0.432. The van der Waals surface area contributed by atoms with Gasteiger partial charge >= 0.3 is 0 Å². The van der Waals surface area contributed by atoms with Crippen LogP contribution in [0.4, 0.5) is 5.69 Å². The van der Waals surface area contributed by atoms with Crippen LogP contribution in [0, 0.1) is 20.8 Å². The normalized spacial score (nSPS) is 11.2. The molecule has 1 amide bonds. The Balaban J connectivity index is 1.72. The molecule has 1 N–H and O–H groups in total. The molecule has 0 unspecified atom stereocenters. The number of carbonyl (C=O) groups is 1. The second-order valence-electron chi connectivity index (χ2n) is 8.42. The predicted octanol–water partition coefficient (Wildman–Crippen LogP) is 4.56. The van der Waals surface area contributed by atoms with Crippen molar-refractivity contribution in [3.05, 3.63) is 89.0 Å². The molecular weight excluding hydrogens is 448 g/mol. The zero-order valence-electron chi connectivity index (χ0n) is 20.2. The number of carbonyl (C=O) groups excluding carboxylic acids is 1. The van der Waals surface area contributed by atoms with E-state index in [0.29, 0.717) is 12.2 Å². The molecule has 0 radical (unpaired) electrons. The van der Waals surface area contributed by atoms with Crippen molar-refractivity contribution in [1.82, 2.24) is 5.32 Å². The Bertz CT molecular complexity index is 1220. The van der Waals surface area contributed by atoms with Crippen LogP contribution in [-0.2, 0) is 21.2 Å². The molecule has 3 aromatic rings. The van der Waals surface area contributed by atoms with Crippen LogP contribution in [0.3, 0.4) is 0 Å². The van der Waals surface area contributed by atoms with Crippen LogP contribution >= 0.6 is 0 Å². The van der Waals surface area contributed by atoms with Crippen molar-refractivity contribution in [3.63, 3.8) is 0 Å². The molecule has 0 aliphatic carbocycles. The molecule has 34 heavy (non-hydrogen) atoms. The van der Waals surface area contributed by atoms with Crippen LogP contribution in [0.25, 0.3) is 0 Å². The van der Waals surface area contributed by atoms with Gasteiger partial charge in [0.1, 0.15) is 12.3 Å². The third-order valence-electron chi connectivity index (χ3n) is 5.65. The molecular formula is C27H32N2O4S. The molecule has 0 saturated heterocycles. The summed E-state index contributed by atoms with van der Waals surface area (Å²) in [6.45, 7) is 5.81. The van der Waals surface area contributed by atoms with Gasteiger partial charge in [-0.15, -0.1) is 0 Å². The summed E-state index contributed by atoms with van der Waals surface area (Å²) in [6, 6.07) is 20.1. The van der Waals surface area contributed by atoms with Gasteiger partial charge < -0.3 is 10.1 Å². The number of hydrogen-bond acceptors (Lipinski definition) is 4. The Labute approximate surface area is 202 Å². The first-order valence-electron chi connectivity index (χ1n) is 11.3. The van der Waals surface area contributed by atoms with Crippen LogP contribution in [-0.4, -0.2) is 34.5 Å². The monoisotopic (exact) mass is 480 g/mol. The number of anilines is 1. The van der Waals surface area contributed by atoms with Crippen molar-refractivity contribution in [3.8, 4) is 5.75 Å². The van der Waals surface area contributed by atoms with E-state index in [-0.39, 0.29) is 17.3 Å². The maximum Gasteiger partial charge on any atom is 0.264 e. The van der Waals surface area contributed by atoms with Gasteiger partial charge in [-0.25, -0.2) is 8.42 Å². The van der Waals surface area contributed by atoms with Gasteiger partial charge in [-0.2, -0.15) is 0 Å². The number of aryl methyl sites for hydroxylation is 4. The number of amides is 1. The average Bonchev–Trinajstić information content (AvgIpc) is 2.82. The topological polar surface area (TPSA) is 75.7 Å².